The molecule has 114 valence electrons. The van der Waals surface area contributed by atoms with E-state index in [4.69, 9.17) is 0 Å². The van der Waals surface area contributed by atoms with Crippen molar-refractivity contribution >= 4 is 0 Å². The van der Waals surface area contributed by atoms with E-state index in [1.165, 1.54) is 0 Å². The molecular formula is C16H14F3N3. The van der Waals surface area contributed by atoms with Gasteiger partial charge in [-0.3, -0.25) is 5.32 Å². The molecule has 0 aromatic heterocycles. The van der Waals surface area contributed by atoms with Crippen LogP contribution >= 0.6 is 0 Å². The zero-order valence-electron chi connectivity index (χ0n) is 11.8. The summed E-state index contributed by atoms with van der Waals surface area (Å²) in [4.78, 5) is 0. The van der Waals surface area contributed by atoms with Gasteiger partial charge in [-0.2, -0.15) is 23.4 Å². The number of rotatable bonds is 2. The minimum atomic E-state index is -4.43. The maximum atomic E-state index is 12.7. The molecule has 0 saturated heterocycles. The number of alkyl halides is 3. The maximum Gasteiger partial charge on any atom is 0.426 e. The largest absolute Gasteiger partial charge is 0.426 e. The van der Waals surface area contributed by atoms with Gasteiger partial charge in [-0.15, -0.1) is 0 Å². The SMILES string of the molecule is Cc1ccc(-c2ccccc2C2N=NC(C(F)(F)F)N2)cc1. The fraction of sp³-hybridized carbons (Fsp3) is 0.250. The van der Waals surface area contributed by atoms with Crippen LogP contribution in [0.2, 0.25) is 0 Å². The normalized spacial score (nSPS) is 21.3. The molecule has 2 atom stereocenters. The molecule has 2 aromatic rings. The van der Waals surface area contributed by atoms with Gasteiger partial charge >= 0.3 is 6.18 Å². The molecule has 1 aliphatic heterocycles. The van der Waals surface area contributed by atoms with Gasteiger partial charge in [-0.1, -0.05) is 54.1 Å². The molecular weight excluding hydrogens is 291 g/mol. The molecule has 0 amide bonds. The number of aryl methyl sites for hydroxylation is 1. The molecule has 2 aromatic carbocycles. The predicted molar refractivity (Wildman–Crippen MR) is 77.2 cm³/mol. The summed E-state index contributed by atoms with van der Waals surface area (Å²) < 4.78 is 38.1. The molecule has 0 fully saturated rings. The standard InChI is InChI=1S/C16H14F3N3/c1-10-6-8-11(9-7-10)12-4-2-3-5-13(12)14-20-15(22-21-14)16(17,18)19/h2-9,14-15,20H,1H3. The third-order valence-electron chi connectivity index (χ3n) is 3.54. The number of nitrogens with one attached hydrogen (secondary N) is 1. The quantitative estimate of drug-likeness (QED) is 0.864. The second-order valence-corrected chi connectivity index (χ2v) is 5.20. The Labute approximate surface area is 125 Å². The Balaban J connectivity index is 1.93. The lowest BCUT2D eigenvalue weighted by Gasteiger charge is -2.16. The lowest BCUT2D eigenvalue weighted by atomic mass is 9.97. The Kier molecular flexibility index (Phi) is 3.70. The summed E-state index contributed by atoms with van der Waals surface area (Å²) in [5, 5.41) is 9.46. The summed E-state index contributed by atoms with van der Waals surface area (Å²) in [6, 6.07) is 15.1. The third-order valence-corrected chi connectivity index (χ3v) is 3.54. The second kappa shape index (κ2) is 5.53. The van der Waals surface area contributed by atoms with Crippen molar-refractivity contribution in [3.63, 3.8) is 0 Å². The summed E-state index contributed by atoms with van der Waals surface area (Å²) in [6.45, 7) is 1.98. The first-order valence-electron chi connectivity index (χ1n) is 6.84. The fourth-order valence-electron chi connectivity index (χ4n) is 2.39. The zero-order chi connectivity index (χ0) is 15.7. The summed E-state index contributed by atoms with van der Waals surface area (Å²) in [7, 11) is 0. The van der Waals surface area contributed by atoms with Crippen molar-refractivity contribution in [2.45, 2.75) is 25.4 Å². The van der Waals surface area contributed by atoms with Crippen molar-refractivity contribution < 1.29 is 13.2 Å². The van der Waals surface area contributed by atoms with E-state index >= 15 is 0 Å². The van der Waals surface area contributed by atoms with E-state index in [1.807, 2.05) is 43.3 Å². The summed E-state index contributed by atoms with van der Waals surface area (Å²) in [5.74, 6) is 0. The number of halogens is 3. The van der Waals surface area contributed by atoms with Gasteiger partial charge in [0.15, 0.2) is 0 Å². The molecule has 22 heavy (non-hydrogen) atoms. The van der Waals surface area contributed by atoms with Gasteiger partial charge in [0.1, 0.15) is 6.17 Å². The van der Waals surface area contributed by atoms with E-state index in [9.17, 15) is 13.2 Å². The van der Waals surface area contributed by atoms with Crippen molar-refractivity contribution in [3.8, 4) is 11.1 Å². The highest BCUT2D eigenvalue weighted by molar-refractivity contribution is 5.68. The highest BCUT2D eigenvalue weighted by Crippen LogP contribution is 2.34. The number of hydrogen-bond donors (Lipinski definition) is 1. The molecule has 0 spiro atoms. The van der Waals surface area contributed by atoms with Gasteiger partial charge < -0.3 is 0 Å². The smallest absolute Gasteiger partial charge is 0.259 e. The predicted octanol–water partition coefficient (Wildman–Crippen LogP) is 4.60. The van der Waals surface area contributed by atoms with Crippen LogP contribution in [0, 0.1) is 6.92 Å². The van der Waals surface area contributed by atoms with Gasteiger partial charge in [-0.25, -0.2) is 0 Å². The van der Waals surface area contributed by atoms with Crippen LogP contribution in [0.3, 0.4) is 0 Å². The molecule has 3 rings (SSSR count). The summed E-state index contributed by atoms with van der Waals surface area (Å²) >= 11 is 0. The molecule has 0 aliphatic carbocycles. The van der Waals surface area contributed by atoms with Crippen molar-refractivity contribution in [1.29, 1.82) is 0 Å². The minimum absolute atomic E-state index is 0.682. The van der Waals surface area contributed by atoms with Gasteiger partial charge in [0, 0.05) is 5.56 Å². The van der Waals surface area contributed by atoms with E-state index < -0.39 is 18.5 Å². The maximum absolute atomic E-state index is 12.7. The van der Waals surface area contributed by atoms with Crippen LogP contribution in [0.25, 0.3) is 11.1 Å². The van der Waals surface area contributed by atoms with Crippen LogP contribution in [0.5, 0.6) is 0 Å². The van der Waals surface area contributed by atoms with Gasteiger partial charge in [0.05, 0.1) is 0 Å². The number of azo groups is 1. The third kappa shape index (κ3) is 2.87. The second-order valence-electron chi connectivity index (χ2n) is 5.20. The Morgan fingerprint density at radius 3 is 2.27 bits per heavy atom. The Hall–Kier alpha value is -2.21. The molecule has 6 heteroatoms. The first-order valence-corrected chi connectivity index (χ1v) is 6.84. The molecule has 0 saturated carbocycles. The molecule has 0 radical (unpaired) electrons. The van der Waals surface area contributed by atoms with E-state index in [0.717, 1.165) is 16.7 Å². The number of hydrogen-bond acceptors (Lipinski definition) is 3. The fourth-order valence-corrected chi connectivity index (χ4v) is 2.39. The molecule has 1 heterocycles. The highest BCUT2D eigenvalue weighted by Gasteiger charge is 2.44. The Morgan fingerprint density at radius 2 is 1.64 bits per heavy atom. The van der Waals surface area contributed by atoms with Gasteiger partial charge in [0.2, 0.25) is 6.17 Å². The van der Waals surface area contributed by atoms with Crippen LogP contribution in [0.4, 0.5) is 13.2 Å². The molecule has 1 aliphatic rings. The lowest BCUT2D eigenvalue weighted by Crippen LogP contribution is -2.38. The van der Waals surface area contributed by atoms with Crippen LogP contribution < -0.4 is 5.32 Å². The lowest BCUT2D eigenvalue weighted by molar-refractivity contribution is -0.152. The molecule has 3 nitrogen and oxygen atoms in total. The van der Waals surface area contributed by atoms with E-state index in [-0.39, 0.29) is 0 Å². The van der Waals surface area contributed by atoms with E-state index in [0.29, 0.717) is 5.56 Å². The average Bonchev–Trinajstić information content (AvgIpc) is 2.98. The molecule has 2 unspecified atom stereocenters. The first kappa shape index (κ1) is 14.7. The van der Waals surface area contributed by atoms with Crippen molar-refractivity contribution in [3.05, 3.63) is 59.7 Å². The summed E-state index contributed by atoms with van der Waals surface area (Å²) in [5.41, 5.74) is 3.59. The van der Waals surface area contributed by atoms with Crippen molar-refractivity contribution in [2.24, 2.45) is 10.2 Å². The van der Waals surface area contributed by atoms with Crippen LogP contribution in [0.15, 0.2) is 58.8 Å². The molecule has 1 N–H and O–H groups in total. The number of nitrogens with zero attached hydrogens (tertiary/aromatic N) is 2. The van der Waals surface area contributed by atoms with E-state index in [1.54, 1.807) is 12.1 Å². The number of benzene rings is 2. The Morgan fingerprint density at radius 1 is 0.955 bits per heavy atom. The average molecular weight is 305 g/mol. The van der Waals surface area contributed by atoms with Crippen LogP contribution in [-0.2, 0) is 0 Å². The van der Waals surface area contributed by atoms with Crippen LogP contribution in [0.1, 0.15) is 17.3 Å². The molecule has 0 bridgehead atoms. The highest BCUT2D eigenvalue weighted by atomic mass is 19.4. The van der Waals surface area contributed by atoms with E-state index in [2.05, 4.69) is 15.5 Å². The van der Waals surface area contributed by atoms with Crippen molar-refractivity contribution in [1.82, 2.24) is 5.32 Å². The summed E-state index contributed by atoms with van der Waals surface area (Å²) in [6.07, 6.45) is -7.16. The first-order chi connectivity index (χ1) is 10.4. The zero-order valence-corrected chi connectivity index (χ0v) is 11.8. The Bertz CT molecular complexity index is 693. The van der Waals surface area contributed by atoms with Crippen molar-refractivity contribution in [2.75, 3.05) is 0 Å². The van der Waals surface area contributed by atoms with Crippen LogP contribution in [-0.4, -0.2) is 12.3 Å². The van der Waals surface area contributed by atoms with Gasteiger partial charge in [-0.05, 0) is 18.1 Å². The topological polar surface area (TPSA) is 36.8 Å². The monoisotopic (exact) mass is 305 g/mol. The van der Waals surface area contributed by atoms with Gasteiger partial charge in [0.25, 0.3) is 0 Å². The minimum Gasteiger partial charge on any atom is -0.259 e.